The van der Waals surface area contributed by atoms with Crippen LogP contribution in [0.4, 0.5) is 5.82 Å². The summed E-state index contributed by atoms with van der Waals surface area (Å²) in [5.41, 5.74) is 8.90. The van der Waals surface area contributed by atoms with Crippen molar-refractivity contribution in [3.63, 3.8) is 0 Å². The van der Waals surface area contributed by atoms with Crippen molar-refractivity contribution in [2.24, 2.45) is 0 Å². The van der Waals surface area contributed by atoms with Crippen molar-refractivity contribution < 1.29 is 9.47 Å². The molecule has 0 saturated heterocycles. The number of hydrogen-bond donors (Lipinski definition) is 1. The zero-order valence-corrected chi connectivity index (χ0v) is 14.8. The quantitative estimate of drug-likeness (QED) is 0.693. The van der Waals surface area contributed by atoms with Crippen LogP contribution in [0.5, 0.6) is 11.5 Å². The SMILES string of the molecule is COc1ccc(COc2ccc(-c3cccnc3N)cc2Br)cc1. The lowest BCUT2D eigenvalue weighted by molar-refractivity contribution is 0.304. The van der Waals surface area contributed by atoms with Gasteiger partial charge in [-0.1, -0.05) is 18.2 Å². The molecule has 0 radical (unpaired) electrons. The molecular weight excluding hydrogens is 368 g/mol. The maximum Gasteiger partial charge on any atom is 0.134 e. The molecule has 2 aromatic carbocycles. The lowest BCUT2D eigenvalue weighted by Gasteiger charge is -2.11. The van der Waals surface area contributed by atoms with Gasteiger partial charge in [-0.15, -0.1) is 0 Å². The Morgan fingerprint density at radius 1 is 1.08 bits per heavy atom. The van der Waals surface area contributed by atoms with Gasteiger partial charge in [-0.2, -0.15) is 0 Å². The van der Waals surface area contributed by atoms with Gasteiger partial charge in [0.1, 0.15) is 23.9 Å². The first-order valence-corrected chi connectivity index (χ1v) is 8.23. The molecule has 1 heterocycles. The van der Waals surface area contributed by atoms with E-state index in [1.807, 2.05) is 54.6 Å². The third-order valence-electron chi connectivity index (χ3n) is 3.63. The summed E-state index contributed by atoms with van der Waals surface area (Å²) in [4.78, 5) is 4.12. The fourth-order valence-electron chi connectivity index (χ4n) is 2.33. The minimum Gasteiger partial charge on any atom is -0.497 e. The summed E-state index contributed by atoms with van der Waals surface area (Å²) < 4.78 is 11.9. The van der Waals surface area contributed by atoms with Gasteiger partial charge in [0.2, 0.25) is 0 Å². The standard InChI is InChI=1S/C19H17BrN2O2/c1-23-15-7-4-13(5-8-15)12-24-18-9-6-14(11-17(18)20)16-3-2-10-22-19(16)21/h2-11H,12H2,1H3,(H2,21,22). The molecule has 2 N–H and O–H groups in total. The summed E-state index contributed by atoms with van der Waals surface area (Å²) in [7, 11) is 1.65. The van der Waals surface area contributed by atoms with Gasteiger partial charge in [-0.05, 0) is 63.5 Å². The first-order valence-electron chi connectivity index (χ1n) is 7.43. The molecule has 3 aromatic rings. The lowest BCUT2D eigenvalue weighted by Crippen LogP contribution is -1.97. The van der Waals surface area contributed by atoms with Gasteiger partial charge in [0.25, 0.3) is 0 Å². The van der Waals surface area contributed by atoms with Crippen LogP contribution in [0.2, 0.25) is 0 Å². The van der Waals surface area contributed by atoms with Crippen LogP contribution in [-0.4, -0.2) is 12.1 Å². The van der Waals surface area contributed by atoms with Crippen molar-refractivity contribution >= 4 is 21.7 Å². The van der Waals surface area contributed by atoms with Gasteiger partial charge >= 0.3 is 0 Å². The van der Waals surface area contributed by atoms with Crippen LogP contribution < -0.4 is 15.2 Å². The summed E-state index contributed by atoms with van der Waals surface area (Å²) in [6.45, 7) is 0.483. The molecule has 0 atom stereocenters. The smallest absolute Gasteiger partial charge is 0.134 e. The number of methoxy groups -OCH3 is 1. The van der Waals surface area contributed by atoms with Gasteiger partial charge in [-0.3, -0.25) is 0 Å². The van der Waals surface area contributed by atoms with E-state index in [0.29, 0.717) is 12.4 Å². The summed E-state index contributed by atoms with van der Waals surface area (Å²) >= 11 is 3.56. The number of nitrogens with two attached hydrogens (primary N) is 1. The van der Waals surface area contributed by atoms with Crippen LogP contribution in [0.1, 0.15) is 5.56 Å². The molecule has 0 aliphatic heterocycles. The number of pyridine rings is 1. The van der Waals surface area contributed by atoms with Crippen molar-refractivity contribution in [1.29, 1.82) is 0 Å². The van der Waals surface area contributed by atoms with Crippen molar-refractivity contribution in [2.75, 3.05) is 12.8 Å². The summed E-state index contributed by atoms with van der Waals surface area (Å²) in [6, 6.07) is 17.5. The topological polar surface area (TPSA) is 57.4 Å². The molecule has 4 nitrogen and oxygen atoms in total. The molecule has 0 unspecified atom stereocenters. The Balaban J connectivity index is 1.74. The average Bonchev–Trinajstić information content (AvgIpc) is 2.61. The van der Waals surface area contributed by atoms with Crippen molar-refractivity contribution in [3.8, 4) is 22.6 Å². The van der Waals surface area contributed by atoms with E-state index in [1.165, 1.54) is 0 Å². The second-order valence-corrected chi connectivity index (χ2v) is 6.07. The average molecular weight is 385 g/mol. The van der Waals surface area contributed by atoms with E-state index in [0.717, 1.165) is 32.7 Å². The highest BCUT2D eigenvalue weighted by molar-refractivity contribution is 9.10. The largest absolute Gasteiger partial charge is 0.497 e. The number of ether oxygens (including phenoxy) is 2. The molecule has 0 aliphatic rings. The highest BCUT2D eigenvalue weighted by Crippen LogP contribution is 2.32. The lowest BCUT2D eigenvalue weighted by atomic mass is 10.1. The Hall–Kier alpha value is -2.53. The fourth-order valence-corrected chi connectivity index (χ4v) is 2.82. The normalized spacial score (nSPS) is 10.4. The highest BCUT2D eigenvalue weighted by atomic mass is 79.9. The fraction of sp³-hybridized carbons (Fsp3) is 0.105. The maximum absolute atomic E-state index is 5.93. The number of nitrogen functional groups attached to an aromatic ring is 1. The summed E-state index contributed by atoms with van der Waals surface area (Å²) in [5, 5.41) is 0. The Morgan fingerprint density at radius 3 is 2.54 bits per heavy atom. The molecule has 5 heteroatoms. The molecular formula is C19H17BrN2O2. The zero-order chi connectivity index (χ0) is 16.9. The number of rotatable bonds is 5. The number of hydrogen-bond acceptors (Lipinski definition) is 4. The van der Waals surface area contributed by atoms with E-state index in [-0.39, 0.29) is 0 Å². The van der Waals surface area contributed by atoms with E-state index < -0.39 is 0 Å². The molecule has 0 aliphatic carbocycles. The second kappa shape index (κ2) is 7.36. The predicted molar refractivity (Wildman–Crippen MR) is 99.1 cm³/mol. The third-order valence-corrected chi connectivity index (χ3v) is 4.25. The Bertz CT molecular complexity index is 835. The minimum absolute atomic E-state index is 0.483. The number of benzene rings is 2. The minimum atomic E-state index is 0.483. The van der Waals surface area contributed by atoms with Gasteiger partial charge < -0.3 is 15.2 Å². The van der Waals surface area contributed by atoms with E-state index in [9.17, 15) is 0 Å². The van der Waals surface area contributed by atoms with Gasteiger partial charge in [0.05, 0.1) is 11.6 Å². The van der Waals surface area contributed by atoms with Crippen molar-refractivity contribution in [3.05, 3.63) is 70.8 Å². The molecule has 0 bridgehead atoms. The second-order valence-electron chi connectivity index (χ2n) is 5.22. The number of nitrogens with zero attached hydrogens (tertiary/aromatic N) is 1. The molecule has 0 spiro atoms. The summed E-state index contributed by atoms with van der Waals surface area (Å²) in [5.74, 6) is 2.12. The first kappa shape index (κ1) is 16.3. The molecule has 0 saturated carbocycles. The van der Waals surface area contributed by atoms with Crippen LogP contribution >= 0.6 is 15.9 Å². The van der Waals surface area contributed by atoms with E-state index in [1.54, 1.807) is 13.3 Å². The molecule has 3 rings (SSSR count). The number of anilines is 1. The predicted octanol–water partition coefficient (Wildman–Crippen LogP) is 4.68. The van der Waals surface area contributed by atoms with E-state index in [4.69, 9.17) is 15.2 Å². The molecule has 1 aromatic heterocycles. The third kappa shape index (κ3) is 3.68. The maximum atomic E-state index is 5.93. The molecule has 0 fully saturated rings. The Labute approximate surface area is 149 Å². The first-order chi connectivity index (χ1) is 11.7. The van der Waals surface area contributed by atoms with E-state index in [2.05, 4.69) is 20.9 Å². The van der Waals surface area contributed by atoms with Gasteiger partial charge in [0, 0.05) is 11.8 Å². The van der Waals surface area contributed by atoms with Crippen LogP contribution in [0.3, 0.4) is 0 Å². The zero-order valence-electron chi connectivity index (χ0n) is 13.2. The monoisotopic (exact) mass is 384 g/mol. The Morgan fingerprint density at radius 2 is 1.88 bits per heavy atom. The number of halogens is 1. The van der Waals surface area contributed by atoms with Crippen molar-refractivity contribution in [2.45, 2.75) is 6.61 Å². The van der Waals surface area contributed by atoms with Crippen LogP contribution in [0, 0.1) is 0 Å². The van der Waals surface area contributed by atoms with E-state index >= 15 is 0 Å². The highest BCUT2D eigenvalue weighted by Gasteiger charge is 2.07. The summed E-state index contributed by atoms with van der Waals surface area (Å²) in [6.07, 6.45) is 1.68. The van der Waals surface area contributed by atoms with Crippen LogP contribution in [0.25, 0.3) is 11.1 Å². The van der Waals surface area contributed by atoms with Crippen molar-refractivity contribution in [1.82, 2.24) is 4.98 Å². The van der Waals surface area contributed by atoms with Crippen LogP contribution in [0.15, 0.2) is 65.3 Å². The Kier molecular flexibility index (Phi) is 5.01. The molecule has 122 valence electrons. The van der Waals surface area contributed by atoms with Crippen LogP contribution in [-0.2, 0) is 6.61 Å². The molecule has 0 amide bonds. The number of aromatic nitrogens is 1. The van der Waals surface area contributed by atoms with Gasteiger partial charge in [0.15, 0.2) is 0 Å². The van der Waals surface area contributed by atoms with Gasteiger partial charge in [-0.25, -0.2) is 4.98 Å². The molecule has 24 heavy (non-hydrogen) atoms.